The minimum atomic E-state index is -0.646. The van der Waals surface area contributed by atoms with Crippen molar-refractivity contribution in [2.75, 3.05) is 25.6 Å². The number of anilines is 1. The number of nitrogens with one attached hydrogen (secondary N) is 2. The van der Waals surface area contributed by atoms with Crippen LogP contribution in [0.15, 0.2) is 36.4 Å². The lowest BCUT2D eigenvalue weighted by atomic mass is 10.1. The molecule has 0 saturated carbocycles. The average molecular weight is 428 g/mol. The maximum Gasteiger partial charge on any atom is 0.255 e. The highest BCUT2D eigenvalue weighted by Crippen LogP contribution is 2.36. The Balaban J connectivity index is 0.00000392. The Bertz CT molecular complexity index is 831. The Morgan fingerprint density at radius 3 is 2.57 bits per heavy atom. The summed E-state index contributed by atoms with van der Waals surface area (Å²) in [5, 5.41) is 6.25. The number of primary amides is 1. The van der Waals surface area contributed by atoms with Crippen molar-refractivity contribution >= 4 is 41.5 Å². The van der Waals surface area contributed by atoms with Crippen molar-refractivity contribution in [2.24, 2.45) is 5.73 Å². The number of carbonyl (C=O) groups excluding carboxylic acids is 2. The molecule has 0 aliphatic heterocycles. The fraction of sp³-hybridized carbons (Fsp3) is 0.263. The van der Waals surface area contributed by atoms with Crippen LogP contribution in [0.1, 0.15) is 22.8 Å². The molecular formula is C19H23Cl2N3O4. The molecule has 0 atom stereocenters. The summed E-state index contributed by atoms with van der Waals surface area (Å²) in [6, 6.07) is 10.5. The van der Waals surface area contributed by atoms with Crippen LogP contribution in [-0.2, 0) is 11.3 Å². The van der Waals surface area contributed by atoms with Crippen LogP contribution in [0, 0.1) is 0 Å². The van der Waals surface area contributed by atoms with E-state index in [-0.39, 0.29) is 41.4 Å². The second-order valence-electron chi connectivity index (χ2n) is 5.64. The first-order chi connectivity index (χ1) is 13.0. The zero-order valence-electron chi connectivity index (χ0n) is 15.6. The molecule has 28 heavy (non-hydrogen) atoms. The number of para-hydroxylation sites is 1. The zero-order chi connectivity index (χ0) is 19.8. The monoisotopic (exact) mass is 427 g/mol. The van der Waals surface area contributed by atoms with Crippen LogP contribution in [0.2, 0.25) is 5.02 Å². The highest BCUT2D eigenvalue weighted by Gasteiger charge is 2.17. The van der Waals surface area contributed by atoms with Gasteiger partial charge in [0.1, 0.15) is 0 Å². The van der Waals surface area contributed by atoms with Crippen molar-refractivity contribution in [3.8, 4) is 11.5 Å². The molecule has 7 nitrogen and oxygen atoms in total. The molecule has 0 unspecified atom stereocenters. The van der Waals surface area contributed by atoms with Gasteiger partial charge in [-0.25, -0.2) is 0 Å². The third kappa shape index (κ3) is 6.30. The van der Waals surface area contributed by atoms with Crippen molar-refractivity contribution in [1.29, 1.82) is 0 Å². The van der Waals surface area contributed by atoms with Crippen LogP contribution in [0.4, 0.5) is 5.69 Å². The minimum Gasteiger partial charge on any atom is -0.493 e. The first-order valence-corrected chi connectivity index (χ1v) is 8.72. The van der Waals surface area contributed by atoms with Gasteiger partial charge in [-0.05, 0) is 30.3 Å². The summed E-state index contributed by atoms with van der Waals surface area (Å²) in [5.74, 6) is -0.607. The molecule has 0 heterocycles. The maximum absolute atomic E-state index is 12.7. The number of carbonyl (C=O) groups is 2. The Morgan fingerprint density at radius 1 is 1.21 bits per heavy atom. The molecule has 0 radical (unpaired) electrons. The molecule has 0 aliphatic carbocycles. The SMILES string of the molecule is CCNCc1ccccc1NC(=O)c1cc(Cl)c(OCC(N)=O)c(OC)c1.Cl. The normalized spacial score (nSPS) is 9.96. The molecule has 0 saturated heterocycles. The summed E-state index contributed by atoms with van der Waals surface area (Å²) < 4.78 is 10.5. The fourth-order valence-corrected chi connectivity index (χ4v) is 2.65. The summed E-state index contributed by atoms with van der Waals surface area (Å²) in [6.45, 7) is 3.12. The molecule has 2 aromatic rings. The number of hydrogen-bond acceptors (Lipinski definition) is 5. The van der Waals surface area contributed by atoms with Gasteiger partial charge in [-0.15, -0.1) is 12.4 Å². The first kappa shape index (κ1) is 23.6. The van der Waals surface area contributed by atoms with Gasteiger partial charge in [-0.3, -0.25) is 9.59 Å². The first-order valence-electron chi connectivity index (χ1n) is 8.34. The Hall–Kier alpha value is -2.48. The van der Waals surface area contributed by atoms with Gasteiger partial charge in [-0.2, -0.15) is 0 Å². The quantitative estimate of drug-likeness (QED) is 0.570. The molecule has 2 aromatic carbocycles. The van der Waals surface area contributed by atoms with Gasteiger partial charge in [-0.1, -0.05) is 36.7 Å². The number of halogens is 2. The molecular weight excluding hydrogens is 405 g/mol. The van der Waals surface area contributed by atoms with E-state index in [1.54, 1.807) is 0 Å². The van der Waals surface area contributed by atoms with E-state index in [0.29, 0.717) is 17.8 Å². The predicted octanol–water partition coefficient (Wildman–Crippen LogP) is 3.00. The van der Waals surface area contributed by atoms with Crippen molar-refractivity contribution in [1.82, 2.24) is 5.32 Å². The van der Waals surface area contributed by atoms with Gasteiger partial charge in [0.25, 0.3) is 11.8 Å². The molecule has 4 N–H and O–H groups in total. The maximum atomic E-state index is 12.7. The molecule has 0 aromatic heterocycles. The van der Waals surface area contributed by atoms with Crippen molar-refractivity contribution in [3.63, 3.8) is 0 Å². The van der Waals surface area contributed by atoms with E-state index in [4.69, 9.17) is 26.8 Å². The summed E-state index contributed by atoms with van der Waals surface area (Å²) in [5.41, 5.74) is 7.04. The van der Waals surface area contributed by atoms with E-state index in [1.165, 1.54) is 19.2 Å². The van der Waals surface area contributed by atoms with Crippen LogP contribution in [-0.4, -0.2) is 32.1 Å². The van der Waals surface area contributed by atoms with Crippen molar-refractivity contribution < 1.29 is 19.1 Å². The van der Waals surface area contributed by atoms with Crippen LogP contribution >= 0.6 is 24.0 Å². The third-order valence-corrected chi connectivity index (χ3v) is 3.96. The lowest BCUT2D eigenvalue weighted by Crippen LogP contribution is -2.20. The zero-order valence-corrected chi connectivity index (χ0v) is 17.2. The van der Waals surface area contributed by atoms with Gasteiger partial charge >= 0.3 is 0 Å². The topological polar surface area (TPSA) is 103 Å². The van der Waals surface area contributed by atoms with Crippen LogP contribution in [0.25, 0.3) is 0 Å². The van der Waals surface area contributed by atoms with Gasteiger partial charge in [0.15, 0.2) is 18.1 Å². The van der Waals surface area contributed by atoms with Crippen LogP contribution in [0.3, 0.4) is 0 Å². The molecule has 0 aliphatic rings. The van der Waals surface area contributed by atoms with Crippen molar-refractivity contribution in [3.05, 3.63) is 52.5 Å². The van der Waals surface area contributed by atoms with Gasteiger partial charge in [0, 0.05) is 17.8 Å². The standard InChI is InChI=1S/C19H22ClN3O4.ClH/c1-3-22-10-12-6-4-5-7-15(12)23-19(25)13-8-14(20)18(16(9-13)26-2)27-11-17(21)24;/h4-9,22H,3,10-11H2,1-2H3,(H2,21,24)(H,23,25);1H. The van der Waals surface area contributed by atoms with E-state index >= 15 is 0 Å². The van der Waals surface area contributed by atoms with Crippen LogP contribution < -0.4 is 25.8 Å². The highest BCUT2D eigenvalue weighted by atomic mass is 35.5. The van der Waals surface area contributed by atoms with Gasteiger partial charge in [0.05, 0.1) is 12.1 Å². The van der Waals surface area contributed by atoms with E-state index in [9.17, 15) is 9.59 Å². The Morgan fingerprint density at radius 2 is 1.93 bits per heavy atom. The van der Waals surface area contributed by atoms with E-state index in [1.807, 2.05) is 31.2 Å². The van der Waals surface area contributed by atoms with E-state index in [0.717, 1.165) is 12.1 Å². The summed E-state index contributed by atoms with van der Waals surface area (Å²) in [6.07, 6.45) is 0. The number of methoxy groups -OCH3 is 1. The Kier molecular flexibility index (Phi) is 9.58. The van der Waals surface area contributed by atoms with E-state index in [2.05, 4.69) is 10.6 Å². The number of benzene rings is 2. The largest absolute Gasteiger partial charge is 0.493 e. The smallest absolute Gasteiger partial charge is 0.255 e. The number of amides is 2. The average Bonchev–Trinajstić information content (AvgIpc) is 2.65. The number of ether oxygens (including phenoxy) is 2. The van der Waals surface area contributed by atoms with Gasteiger partial charge < -0.3 is 25.8 Å². The predicted molar refractivity (Wildman–Crippen MR) is 112 cm³/mol. The second kappa shape index (κ2) is 11.4. The number of nitrogens with two attached hydrogens (primary N) is 1. The number of hydrogen-bond donors (Lipinski definition) is 3. The summed E-state index contributed by atoms with van der Waals surface area (Å²) in [7, 11) is 1.41. The summed E-state index contributed by atoms with van der Waals surface area (Å²) in [4.78, 5) is 23.6. The highest BCUT2D eigenvalue weighted by molar-refractivity contribution is 6.32. The molecule has 2 amide bonds. The Labute approximate surface area is 174 Å². The minimum absolute atomic E-state index is 0. The second-order valence-corrected chi connectivity index (χ2v) is 6.04. The lowest BCUT2D eigenvalue weighted by molar-refractivity contribution is -0.119. The molecule has 0 fully saturated rings. The van der Waals surface area contributed by atoms with E-state index < -0.39 is 5.91 Å². The molecule has 2 rings (SSSR count). The van der Waals surface area contributed by atoms with Gasteiger partial charge in [0.2, 0.25) is 0 Å². The molecule has 0 spiro atoms. The van der Waals surface area contributed by atoms with Crippen molar-refractivity contribution in [2.45, 2.75) is 13.5 Å². The molecule has 152 valence electrons. The third-order valence-electron chi connectivity index (χ3n) is 3.68. The molecule has 9 heteroatoms. The van der Waals surface area contributed by atoms with Crippen LogP contribution in [0.5, 0.6) is 11.5 Å². The fourth-order valence-electron chi connectivity index (χ4n) is 2.38. The number of rotatable bonds is 9. The molecule has 0 bridgehead atoms. The summed E-state index contributed by atoms with van der Waals surface area (Å²) >= 11 is 6.20. The lowest BCUT2D eigenvalue weighted by Gasteiger charge is -2.14.